The van der Waals surface area contributed by atoms with Crippen molar-refractivity contribution in [2.45, 2.75) is 18.4 Å². The van der Waals surface area contributed by atoms with Crippen LogP contribution in [0.4, 0.5) is 10.1 Å². The largest absolute Gasteiger partial charge is 0.484 e. The molecular weight excluding hydrogens is 503 g/mol. The van der Waals surface area contributed by atoms with E-state index in [1.807, 2.05) is 6.92 Å². The van der Waals surface area contributed by atoms with E-state index in [-0.39, 0.29) is 34.1 Å². The summed E-state index contributed by atoms with van der Waals surface area (Å²) in [6.07, 6.45) is 4.87. The van der Waals surface area contributed by atoms with E-state index in [0.717, 1.165) is 42.4 Å². The second-order valence-corrected chi connectivity index (χ2v) is 10.4. The predicted molar refractivity (Wildman–Crippen MR) is 134 cm³/mol. The van der Waals surface area contributed by atoms with Crippen LogP contribution in [0.1, 0.15) is 27.2 Å². The van der Waals surface area contributed by atoms with Gasteiger partial charge in [0.15, 0.2) is 0 Å². The number of sulfonamides is 1. The van der Waals surface area contributed by atoms with E-state index in [0.29, 0.717) is 31.1 Å². The number of hydrogen-bond acceptors (Lipinski definition) is 7. The number of anilines is 1. The highest BCUT2D eigenvalue weighted by molar-refractivity contribution is 7.92. The molecule has 2 aromatic carbocycles. The van der Waals surface area contributed by atoms with Gasteiger partial charge in [-0.25, -0.2) is 17.6 Å². The minimum absolute atomic E-state index is 0.0166. The fourth-order valence-electron chi connectivity index (χ4n) is 4.54. The van der Waals surface area contributed by atoms with Crippen LogP contribution in [0.3, 0.4) is 0 Å². The third kappa shape index (κ3) is 4.97. The molecular formula is C26H25FN2O7S. The third-order valence-corrected chi connectivity index (χ3v) is 7.75. The van der Waals surface area contributed by atoms with Gasteiger partial charge in [-0.15, -0.1) is 0 Å². The second kappa shape index (κ2) is 10.0. The van der Waals surface area contributed by atoms with Gasteiger partial charge in [0.1, 0.15) is 29.5 Å². The topological polar surface area (TPSA) is 118 Å². The van der Waals surface area contributed by atoms with Gasteiger partial charge in [0, 0.05) is 30.8 Å². The minimum atomic E-state index is -4.30. The van der Waals surface area contributed by atoms with Crippen molar-refractivity contribution in [1.29, 1.82) is 0 Å². The molecule has 194 valence electrons. The van der Waals surface area contributed by atoms with E-state index in [9.17, 15) is 22.7 Å². The average molecular weight is 529 g/mol. The Bertz CT molecular complexity index is 1490. The van der Waals surface area contributed by atoms with Crippen LogP contribution in [0.25, 0.3) is 17.2 Å². The van der Waals surface area contributed by atoms with Gasteiger partial charge < -0.3 is 19.0 Å². The summed E-state index contributed by atoms with van der Waals surface area (Å²) in [7, 11) is -4.30. The molecule has 0 saturated carbocycles. The zero-order chi connectivity index (χ0) is 26.2. The number of nitrogens with zero attached hydrogens (tertiary/aromatic N) is 1. The van der Waals surface area contributed by atoms with Crippen LogP contribution in [0.15, 0.2) is 52.0 Å². The molecule has 0 bridgehead atoms. The molecule has 0 atom stereocenters. The first-order valence-electron chi connectivity index (χ1n) is 11.6. The maximum atomic E-state index is 14.1. The summed E-state index contributed by atoms with van der Waals surface area (Å²) in [5.74, 6) is -1.34. The SMILES string of the molecule is Cc1coc2c1-c1ccc(NS(=O)(=O)c3ccc(F)cc3/C=C\CN3CCOCC3)c(C(=O)O)c1OC2. The van der Waals surface area contributed by atoms with Crippen LogP contribution >= 0.6 is 0 Å². The molecule has 37 heavy (non-hydrogen) atoms. The summed E-state index contributed by atoms with van der Waals surface area (Å²) in [5.41, 5.74) is 1.70. The molecule has 2 aliphatic heterocycles. The standard InChI is InChI=1S/C26H25FN2O7S/c1-16-14-35-21-15-36-25-19(23(16)21)5-6-20(24(25)26(30)31)28-37(32,33)22-7-4-18(27)13-17(22)3-2-8-29-9-11-34-12-10-29/h2-7,13-14,28H,8-12,15H2,1H3,(H,30,31)/b3-2-. The van der Waals surface area contributed by atoms with Crippen molar-refractivity contribution in [2.24, 2.45) is 0 Å². The Balaban J connectivity index is 1.48. The van der Waals surface area contributed by atoms with Gasteiger partial charge in [0.25, 0.3) is 10.0 Å². The number of ether oxygens (including phenoxy) is 2. The molecule has 5 rings (SSSR count). The maximum absolute atomic E-state index is 14.1. The Labute approximate surface area is 213 Å². The van der Waals surface area contributed by atoms with Crippen molar-refractivity contribution in [3.8, 4) is 16.9 Å². The molecule has 1 saturated heterocycles. The van der Waals surface area contributed by atoms with Crippen molar-refractivity contribution >= 4 is 27.8 Å². The van der Waals surface area contributed by atoms with Gasteiger partial charge in [-0.1, -0.05) is 12.2 Å². The molecule has 2 N–H and O–H groups in total. The monoisotopic (exact) mass is 528 g/mol. The van der Waals surface area contributed by atoms with Crippen LogP contribution in [0.5, 0.6) is 5.75 Å². The molecule has 0 amide bonds. The highest BCUT2D eigenvalue weighted by Gasteiger charge is 2.31. The predicted octanol–water partition coefficient (Wildman–Crippen LogP) is 4.13. The Morgan fingerprint density at radius 3 is 2.76 bits per heavy atom. The maximum Gasteiger partial charge on any atom is 0.341 e. The second-order valence-electron chi connectivity index (χ2n) is 8.78. The van der Waals surface area contributed by atoms with E-state index in [1.165, 1.54) is 6.07 Å². The van der Waals surface area contributed by atoms with E-state index in [1.54, 1.807) is 24.5 Å². The molecule has 0 unspecified atom stereocenters. The fourth-order valence-corrected chi connectivity index (χ4v) is 5.79. The summed E-state index contributed by atoms with van der Waals surface area (Å²) < 4.78 is 59.7. The number of hydrogen-bond donors (Lipinski definition) is 2. The number of morpholine rings is 1. The highest BCUT2D eigenvalue weighted by atomic mass is 32.2. The van der Waals surface area contributed by atoms with Crippen LogP contribution in [0.2, 0.25) is 0 Å². The summed E-state index contributed by atoms with van der Waals surface area (Å²) in [6, 6.07) is 6.30. The van der Waals surface area contributed by atoms with Gasteiger partial charge in [0.2, 0.25) is 0 Å². The number of carboxylic acid groups (broad SMARTS) is 1. The number of fused-ring (bicyclic) bond motifs is 3. The molecule has 1 aromatic heterocycles. The number of benzene rings is 2. The fraction of sp³-hybridized carbons (Fsp3) is 0.269. The lowest BCUT2D eigenvalue weighted by Crippen LogP contribution is -2.36. The Kier molecular flexibility index (Phi) is 6.76. The molecule has 2 aliphatic rings. The molecule has 9 nitrogen and oxygen atoms in total. The Morgan fingerprint density at radius 2 is 2.00 bits per heavy atom. The summed E-state index contributed by atoms with van der Waals surface area (Å²) in [6.45, 7) is 5.13. The lowest BCUT2D eigenvalue weighted by Gasteiger charge is -2.25. The number of aryl methyl sites for hydroxylation is 1. The molecule has 0 aliphatic carbocycles. The Hall–Kier alpha value is -3.67. The zero-order valence-electron chi connectivity index (χ0n) is 20.0. The van der Waals surface area contributed by atoms with E-state index in [2.05, 4.69) is 9.62 Å². The number of aromatic carboxylic acids is 1. The average Bonchev–Trinajstić information content (AvgIpc) is 3.25. The van der Waals surface area contributed by atoms with Crippen molar-refractivity contribution in [2.75, 3.05) is 37.6 Å². The minimum Gasteiger partial charge on any atom is -0.484 e. The molecule has 3 heterocycles. The van der Waals surface area contributed by atoms with E-state index >= 15 is 0 Å². The van der Waals surface area contributed by atoms with Gasteiger partial charge >= 0.3 is 5.97 Å². The molecule has 0 spiro atoms. The van der Waals surface area contributed by atoms with Crippen LogP contribution in [0, 0.1) is 12.7 Å². The highest BCUT2D eigenvalue weighted by Crippen LogP contribution is 2.45. The first-order chi connectivity index (χ1) is 17.7. The quantitative estimate of drug-likeness (QED) is 0.470. The number of furan rings is 1. The molecule has 11 heteroatoms. The van der Waals surface area contributed by atoms with E-state index in [4.69, 9.17) is 13.9 Å². The Morgan fingerprint density at radius 1 is 1.22 bits per heavy atom. The summed E-state index contributed by atoms with van der Waals surface area (Å²) >= 11 is 0. The summed E-state index contributed by atoms with van der Waals surface area (Å²) in [5, 5.41) is 9.98. The van der Waals surface area contributed by atoms with Crippen molar-refractivity contribution < 1.29 is 36.6 Å². The summed E-state index contributed by atoms with van der Waals surface area (Å²) in [4.78, 5) is 14.2. The number of nitrogens with one attached hydrogen (secondary N) is 1. The van der Waals surface area contributed by atoms with Crippen LogP contribution in [-0.4, -0.2) is 57.2 Å². The van der Waals surface area contributed by atoms with Crippen LogP contribution < -0.4 is 9.46 Å². The van der Waals surface area contributed by atoms with Crippen molar-refractivity contribution in [3.63, 3.8) is 0 Å². The van der Waals surface area contributed by atoms with E-state index < -0.39 is 21.8 Å². The van der Waals surface area contributed by atoms with Crippen molar-refractivity contribution in [1.82, 2.24) is 4.90 Å². The number of halogens is 1. The van der Waals surface area contributed by atoms with Crippen molar-refractivity contribution in [3.05, 3.63) is 70.9 Å². The van der Waals surface area contributed by atoms with Gasteiger partial charge in [-0.2, -0.15) is 0 Å². The number of rotatable bonds is 7. The number of carboxylic acids is 1. The van der Waals surface area contributed by atoms with Gasteiger partial charge in [-0.3, -0.25) is 9.62 Å². The van der Waals surface area contributed by atoms with Gasteiger partial charge in [0.05, 0.1) is 30.1 Å². The van der Waals surface area contributed by atoms with Crippen LogP contribution in [-0.2, 0) is 21.4 Å². The lowest BCUT2D eigenvalue weighted by atomic mass is 9.96. The zero-order valence-corrected chi connectivity index (χ0v) is 20.8. The van der Waals surface area contributed by atoms with Gasteiger partial charge in [-0.05, 0) is 48.4 Å². The molecule has 1 fully saturated rings. The normalized spacial score (nSPS) is 15.7. The lowest BCUT2D eigenvalue weighted by molar-refractivity contribution is 0.0435. The third-order valence-electron chi connectivity index (χ3n) is 6.31. The molecule has 3 aromatic rings. The number of carbonyl (C=O) groups is 1. The first-order valence-corrected chi connectivity index (χ1v) is 13.1. The molecule has 0 radical (unpaired) electrons. The smallest absolute Gasteiger partial charge is 0.341 e. The first kappa shape index (κ1) is 25.0.